The number of hydrogen-bond acceptors (Lipinski definition) is 3. The number of rotatable bonds is 4. The second-order valence-corrected chi connectivity index (χ2v) is 3.87. The molecule has 82 valence electrons. The molecule has 0 bridgehead atoms. The van der Waals surface area contributed by atoms with Gasteiger partial charge in [-0.3, -0.25) is 0 Å². The predicted octanol–water partition coefficient (Wildman–Crippen LogP) is 2.77. The van der Waals surface area contributed by atoms with Crippen LogP contribution in [0.3, 0.4) is 0 Å². The topological polar surface area (TPSA) is 35.5 Å². The Hall–Kier alpha value is -0.870. The summed E-state index contributed by atoms with van der Waals surface area (Å²) >= 11 is 3.35. The normalized spacial score (nSPS) is 10.1. The van der Waals surface area contributed by atoms with Gasteiger partial charge in [0.2, 0.25) is 0 Å². The molecule has 0 aliphatic carbocycles. The Morgan fingerprint density at radius 2 is 2.20 bits per heavy atom. The second-order valence-electron chi connectivity index (χ2n) is 2.95. The van der Waals surface area contributed by atoms with Gasteiger partial charge in [0.25, 0.3) is 0 Å². The van der Waals surface area contributed by atoms with Gasteiger partial charge in [-0.25, -0.2) is 4.79 Å². The summed E-state index contributed by atoms with van der Waals surface area (Å²) in [6.45, 7) is 2.56. The lowest BCUT2D eigenvalue weighted by molar-refractivity contribution is 0.0521. The molecule has 1 aromatic rings. The van der Waals surface area contributed by atoms with E-state index in [0.29, 0.717) is 18.8 Å². The summed E-state index contributed by atoms with van der Waals surface area (Å²) in [5, 5.41) is 0. The monoisotopic (exact) mass is 272 g/mol. The number of carbonyl (C=O) groups excluding carboxylic acids is 1. The van der Waals surface area contributed by atoms with Crippen LogP contribution in [0.1, 0.15) is 22.8 Å². The first-order chi connectivity index (χ1) is 7.19. The molecule has 1 aromatic carbocycles. The molecule has 0 aromatic heterocycles. The van der Waals surface area contributed by atoms with E-state index in [1.54, 1.807) is 20.1 Å². The van der Waals surface area contributed by atoms with Crippen molar-refractivity contribution in [2.24, 2.45) is 0 Å². The minimum absolute atomic E-state index is 0.308. The summed E-state index contributed by atoms with van der Waals surface area (Å²) < 4.78 is 10.9. The second kappa shape index (κ2) is 5.88. The van der Waals surface area contributed by atoms with Crippen LogP contribution in [0.25, 0.3) is 0 Å². The molecule has 0 spiro atoms. The Labute approximate surface area is 97.5 Å². The molecule has 0 heterocycles. The lowest BCUT2D eigenvalue weighted by Crippen LogP contribution is -2.08. The van der Waals surface area contributed by atoms with Crippen LogP contribution in [0.4, 0.5) is 0 Å². The zero-order valence-corrected chi connectivity index (χ0v) is 10.3. The first-order valence-corrected chi connectivity index (χ1v) is 5.42. The van der Waals surface area contributed by atoms with E-state index in [1.807, 2.05) is 12.1 Å². The van der Waals surface area contributed by atoms with Crippen LogP contribution in [0.2, 0.25) is 0 Å². The molecule has 4 heteroatoms. The maximum Gasteiger partial charge on any atom is 0.338 e. The molecule has 0 amide bonds. The molecule has 3 nitrogen and oxygen atoms in total. The predicted molar refractivity (Wildman–Crippen MR) is 60.8 cm³/mol. The molecule has 0 fully saturated rings. The first kappa shape index (κ1) is 12.2. The van der Waals surface area contributed by atoms with Crippen molar-refractivity contribution in [3.63, 3.8) is 0 Å². The molecule has 15 heavy (non-hydrogen) atoms. The minimum atomic E-state index is -0.308. The number of hydrogen-bond donors (Lipinski definition) is 0. The SMILES string of the molecule is CCOC(=O)c1ccc(Br)cc1COC. The fraction of sp³-hybridized carbons (Fsp3) is 0.364. The van der Waals surface area contributed by atoms with E-state index in [0.717, 1.165) is 10.0 Å². The quantitative estimate of drug-likeness (QED) is 0.791. The van der Waals surface area contributed by atoms with Crippen molar-refractivity contribution in [2.45, 2.75) is 13.5 Å². The molecule has 0 aliphatic rings. The van der Waals surface area contributed by atoms with Crippen molar-refractivity contribution in [2.75, 3.05) is 13.7 Å². The summed E-state index contributed by atoms with van der Waals surface area (Å²) in [7, 11) is 1.59. The Bertz CT molecular complexity index is 350. The summed E-state index contributed by atoms with van der Waals surface area (Å²) in [5.74, 6) is -0.308. The van der Waals surface area contributed by atoms with Crippen molar-refractivity contribution in [3.8, 4) is 0 Å². The van der Waals surface area contributed by atoms with Crippen LogP contribution in [0, 0.1) is 0 Å². The number of methoxy groups -OCH3 is 1. The summed E-state index contributed by atoms with van der Waals surface area (Å²) in [6.07, 6.45) is 0. The lowest BCUT2D eigenvalue weighted by Gasteiger charge is -2.08. The zero-order chi connectivity index (χ0) is 11.3. The summed E-state index contributed by atoms with van der Waals surface area (Å²) in [5.41, 5.74) is 1.38. The van der Waals surface area contributed by atoms with Crippen LogP contribution >= 0.6 is 15.9 Å². The van der Waals surface area contributed by atoms with Crippen LogP contribution < -0.4 is 0 Å². The van der Waals surface area contributed by atoms with Gasteiger partial charge in [-0.2, -0.15) is 0 Å². The van der Waals surface area contributed by atoms with Crippen LogP contribution in [0.5, 0.6) is 0 Å². The molecule has 0 N–H and O–H groups in total. The third-order valence-corrected chi connectivity index (χ3v) is 2.36. The van der Waals surface area contributed by atoms with Crippen LogP contribution in [-0.4, -0.2) is 19.7 Å². The minimum Gasteiger partial charge on any atom is -0.462 e. The zero-order valence-electron chi connectivity index (χ0n) is 8.75. The van der Waals surface area contributed by atoms with Crippen molar-refractivity contribution in [1.82, 2.24) is 0 Å². The molecular formula is C11H13BrO3. The smallest absolute Gasteiger partial charge is 0.338 e. The number of carbonyl (C=O) groups is 1. The standard InChI is InChI=1S/C11H13BrO3/c1-3-15-11(13)10-5-4-9(12)6-8(10)7-14-2/h4-6H,3,7H2,1-2H3. The highest BCUT2D eigenvalue weighted by molar-refractivity contribution is 9.10. The Balaban J connectivity index is 2.99. The Kier molecular flexibility index (Phi) is 4.78. The lowest BCUT2D eigenvalue weighted by atomic mass is 10.1. The van der Waals surface area contributed by atoms with Crippen molar-refractivity contribution in [1.29, 1.82) is 0 Å². The van der Waals surface area contributed by atoms with Gasteiger partial charge in [-0.1, -0.05) is 15.9 Å². The molecule has 0 atom stereocenters. The fourth-order valence-corrected chi connectivity index (χ4v) is 1.65. The highest BCUT2D eigenvalue weighted by Gasteiger charge is 2.12. The maximum atomic E-state index is 11.6. The van der Waals surface area contributed by atoms with E-state index >= 15 is 0 Å². The van der Waals surface area contributed by atoms with Crippen molar-refractivity contribution in [3.05, 3.63) is 33.8 Å². The van der Waals surface area contributed by atoms with Crippen LogP contribution in [0.15, 0.2) is 22.7 Å². The maximum absolute atomic E-state index is 11.6. The van der Waals surface area contributed by atoms with Gasteiger partial charge in [0.1, 0.15) is 0 Å². The fourth-order valence-electron chi connectivity index (χ4n) is 1.25. The average Bonchev–Trinajstić information content (AvgIpc) is 2.18. The number of benzene rings is 1. The van der Waals surface area contributed by atoms with Crippen LogP contribution in [-0.2, 0) is 16.1 Å². The van der Waals surface area contributed by atoms with E-state index < -0.39 is 0 Å². The molecule has 0 aliphatic heterocycles. The van der Waals surface area contributed by atoms with Crippen molar-refractivity contribution < 1.29 is 14.3 Å². The van der Waals surface area contributed by atoms with Gasteiger partial charge in [-0.15, -0.1) is 0 Å². The van der Waals surface area contributed by atoms with Gasteiger partial charge in [0, 0.05) is 11.6 Å². The number of esters is 1. The van der Waals surface area contributed by atoms with Gasteiger partial charge in [0.05, 0.1) is 18.8 Å². The molecule has 0 radical (unpaired) electrons. The van der Waals surface area contributed by atoms with E-state index in [2.05, 4.69) is 15.9 Å². The summed E-state index contributed by atoms with van der Waals surface area (Å²) in [4.78, 5) is 11.6. The highest BCUT2D eigenvalue weighted by atomic mass is 79.9. The van der Waals surface area contributed by atoms with E-state index in [4.69, 9.17) is 9.47 Å². The first-order valence-electron chi connectivity index (χ1n) is 4.63. The largest absolute Gasteiger partial charge is 0.462 e. The van der Waals surface area contributed by atoms with E-state index in [-0.39, 0.29) is 5.97 Å². The third-order valence-electron chi connectivity index (χ3n) is 1.86. The molecule has 0 saturated carbocycles. The summed E-state index contributed by atoms with van der Waals surface area (Å²) in [6, 6.07) is 5.40. The average molecular weight is 273 g/mol. The number of ether oxygens (including phenoxy) is 2. The van der Waals surface area contributed by atoms with Crippen molar-refractivity contribution >= 4 is 21.9 Å². The molecule has 0 unspecified atom stereocenters. The van der Waals surface area contributed by atoms with Gasteiger partial charge < -0.3 is 9.47 Å². The van der Waals surface area contributed by atoms with E-state index in [1.165, 1.54) is 0 Å². The Morgan fingerprint density at radius 1 is 1.47 bits per heavy atom. The highest BCUT2D eigenvalue weighted by Crippen LogP contribution is 2.18. The Morgan fingerprint density at radius 3 is 2.80 bits per heavy atom. The van der Waals surface area contributed by atoms with Gasteiger partial charge in [-0.05, 0) is 30.7 Å². The van der Waals surface area contributed by atoms with E-state index in [9.17, 15) is 4.79 Å². The number of halogens is 1. The third kappa shape index (κ3) is 3.32. The molecule has 1 rings (SSSR count). The van der Waals surface area contributed by atoms with Gasteiger partial charge in [0.15, 0.2) is 0 Å². The molecular weight excluding hydrogens is 260 g/mol. The molecule has 0 saturated heterocycles. The van der Waals surface area contributed by atoms with Gasteiger partial charge >= 0.3 is 5.97 Å².